The van der Waals surface area contributed by atoms with Crippen molar-refractivity contribution in [2.75, 3.05) is 13.2 Å². The number of benzene rings is 2. The van der Waals surface area contributed by atoms with Crippen LogP contribution in [0.15, 0.2) is 54.6 Å². The number of hydrogen-bond acceptors (Lipinski definition) is 4. The van der Waals surface area contributed by atoms with Gasteiger partial charge in [0, 0.05) is 13.0 Å². The molecule has 2 aliphatic heterocycles. The second kappa shape index (κ2) is 8.85. The summed E-state index contributed by atoms with van der Waals surface area (Å²) in [5, 5.41) is 3.09. The van der Waals surface area contributed by atoms with Crippen LogP contribution in [0.2, 0.25) is 0 Å². The number of nitrogens with zero attached hydrogens (tertiary/aromatic N) is 1. The Hall–Kier alpha value is -3.02. The molecule has 1 spiro atoms. The topological polar surface area (TPSA) is 67.9 Å². The number of amides is 2. The summed E-state index contributed by atoms with van der Waals surface area (Å²) in [5.74, 6) is 0. The maximum absolute atomic E-state index is 13.2. The first-order valence-electron chi connectivity index (χ1n) is 11.3. The van der Waals surface area contributed by atoms with E-state index in [0.717, 1.165) is 29.5 Å². The highest BCUT2D eigenvalue weighted by Gasteiger charge is 2.49. The SMILES string of the molecule is CC(C)(C)OC(=O)N1CCCC2(CCOC(=O)N2)C1Cc1cccc(-c2ccccc2)c1. The monoisotopic (exact) mass is 436 g/mol. The highest BCUT2D eigenvalue weighted by molar-refractivity contribution is 5.72. The average Bonchev–Trinajstić information content (AvgIpc) is 2.75. The van der Waals surface area contributed by atoms with Gasteiger partial charge in [-0.3, -0.25) is 0 Å². The number of ether oxygens (including phenoxy) is 2. The predicted molar refractivity (Wildman–Crippen MR) is 123 cm³/mol. The first-order chi connectivity index (χ1) is 15.3. The molecule has 0 radical (unpaired) electrons. The lowest BCUT2D eigenvalue weighted by atomic mass is 9.75. The normalized spacial score (nSPS) is 23.4. The number of carbonyl (C=O) groups is 2. The molecule has 6 nitrogen and oxygen atoms in total. The van der Waals surface area contributed by atoms with Gasteiger partial charge in [-0.15, -0.1) is 0 Å². The Kier molecular flexibility index (Phi) is 6.13. The van der Waals surface area contributed by atoms with Crippen LogP contribution in [0.4, 0.5) is 9.59 Å². The molecule has 2 aliphatic rings. The van der Waals surface area contributed by atoms with E-state index < -0.39 is 17.2 Å². The minimum absolute atomic E-state index is 0.218. The third kappa shape index (κ3) is 4.90. The fourth-order valence-corrected chi connectivity index (χ4v) is 4.83. The van der Waals surface area contributed by atoms with Crippen LogP contribution in [-0.4, -0.2) is 47.4 Å². The lowest BCUT2D eigenvalue weighted by Crippen LogP contribution is -2.69. The lowest BCUT2D eigenvalue weighted by molar-refractivity contribution is -0.0251. The van der Waals surface area contributed by atoms with Crippen molar-refractivity contribution in [2.24, 2.45) is 0 Å². The fraction of sp³-hybridized carbons (Fsp3) is 0.462. The fourth-order valence-electron chi connectivity index (χ4n) is 4.83. The molecular formula is C26H32N2O4. The van der Waals surface area contributed by atoms with Crippen molar-refractivity contribution in [3.63, 3.8) is 0 Å². The summed E-state index contributed by atoms with van der Waals surface area (Å²) < 4.78 is 10.9. The van der Waals surface area contributed by atoms with Crippen LogP contribution >= 0.6 is 0 Å². The van der Waals surface area contributed by atoms with Gasteiger partial charge in [-0.2, -0.15) is 0 Å². The number of nitrogens with one attached hydrogen (secondary N) is 1. The van der Waals surface area contributed by atoms with Gasteiger partial charge >= 0.3 is 12.2 Å². The van der Waals surface area contributed by atoms with Crippen LogP contribution in [0, 0.1) is 0 Å². The van der Waals surface area contributed by atoms with E-state index in [1.54, 1.807) is 0 Å². The molecule has 0 aliphatic carbocycles. The van der Waals surface area contributed by atoms with E-state index in [2.05, 4.69) is 35.6 Å². The van der Waals surface area contributed by atoms with E-state index in [9.17, 15) is 9.59 Å². The number of carbonyl (C=O) groups excluding carboxylic acids is 2. The molecule has 2 aromatic carbocycles. The number of hydrogen-bond donors (Lipinski definition) is 1. The Bertz CT molecular complexity index is 965. The molecule has 2 heterocycles. The molecule has 0 aromatic heterocycles. The van der Waals surface area contributed by atoms with Crippen molar-refractivity contribution in [3.05, 3.63) is 60.2 Å². The highest BCUT2D eigenvalue weighted by Crippen LogP contribution is 2.36. The van der Waals surface area contributed by atoms with Crippen LogP contribution in [0.1, 0.15) is 45.6 Å². The van der Waals surface area contributed by atoms with Crippen LogP contribution in [0.5, 0.6) is 0 Å². The molecule has 4 rings (SSSR count). The Morgan fingerprint density at radius 2 is 1.88 bits per heavy atom. The molecule has 0 saturated carbocycles. The number of cyclic esters (lactones) is 1. The van der Waals surface area contributed by atoms with Gasteiger partial charge in [-0.1, -0.05) is 54.6 Å². The molecule has 2 saturated heterocycles. The Morgan fingerprint density at radius 3 is 2.59 bits per heavy atom. The second-order valence-corrected chi connectivity index (χ2v) is 9.73. The molecule has 1 N–H and O–H groups in total. The zero-order valence-electron chi connectivity index (χ0n) is 19.1. The third-order valence-electron chi connectivity index (χ3n) is 6.26. The summed E-state index contributed by atoms with van der Waals surface area (Å²) >= 11 is 0. The third-order valence-corrected chi connectivity index (χ3v) is 6.26. The second-order valence-electron chi connectivity index (χ2n) is 9.73. The number of alkyl carbamates (subject to hydrolysis) is 1. The molecule has 2 unspecified atom stereocenters. The molecule has 170 valence electrons. The Labute approximate surface area is 189 Å². The molecule has 2 fully saturated rings. The Morgan fingerprint density at radius 1 is 1.12 bits per heavy atom. The first kappa shape index (κ1) is 22.2. The van der Waals surface area contributed by atoms with Crippen molar-refractivity contribution in [1.82, 2.24) is 10.2 Å². The van der Waals surface area contributed by atoms with E-state index >= 15 is 0 Å². The van der Waals surface area contributed by atoms with E-state index in [-0.39, 0.29) is 12.1 Å². The van der Waals surface area contributed by atoms with Gasteiger partial charge in [-0.25, -0.2) is 9.59 Å². The minimum atomic E-state index is -0.585. The van der Waals surface area contributed by atoms with E-state index in [1.807, 2.05) is 49.9 Å². The van der Waals surface area contributed by atoms with Crippen molar-refractivity contribution >= 4 is 12.2 Å². The molecule has 2 aromatic rings. The molecule has 6 heteroatoms. The summed E-state index contributed by atoms with van der Waals surface area (Å²) in [6.07, 6.45) is 2.16. The highest BCUT2D eigenvalue weighted by atomic mass is 16.6. The minimum Gasteiger partial charge on any atom is -0.449 e. The van der Waals surface area contributed by atoms with Crippen molar-refractivity contribution in [1.29, 1.82) is 0 Å². The van der Waals surface area contributed by atoms with Crippen LogP contribution in [0.25, 0.3) is 11.1 Å². The van der Waals surface area contributed by atoms with Gasteiger partial charge in [0.05, 0.1) is 18.2 Å². The quantitative estimate of drug-likeness (QED) is 0.721. The predicted octanol–water partition coefficient (Wildman–Crippen LogP) is 5.16. The van der Waals surface area contributed by atoms with Gasteiger partial charge in [0.25, 0.3) is 0 Å². The average molecular weight is 437 g/mol. The summed E-state index contributed by atoms with van der Waals surface area (Å²) in [7, 11) is 0. The van der Waals surface area contributed by atoms with E-state index in [0.29, 0.717) is 26.0 Å². The summed E-state index contributed by atoms with van der Waals surface area (Å²) in [6.45, 7) is 6.59. The van der Waals surface area contributed by atoms with Gasteiger partial charge in [0.2, 0.25) is 0 Å². The van der Waals surface area contributed by atoms with E-state index in [1.165, 1.54) is 0 Å². The maximum atomic E-state index is 13.2. The standard InChI is InChI=1S/C26H32N2O4/c1-25(2,3)32-24(30)28-15-8-13-26(14-16-31-23(29)27-26)22(28)18-19-9-7-12-21(17-19)20-10-5-4-6-11-20/h4-7,9-12,17,22H,8,13-16,18H2,1-3H3,(H,27,29). The number of likely N-dealkylation sites (tertiary alicyclic amines) is 1. The molecule has 2 amide bonds. The van der Waals surface area contributed by atoms with Crippen LogP contribution < -0.4 is 5.32 Å². The van der Waals surface area contributed by atoms with Gasteiger partial charge in [0.15, 0.2) is 0 Å². The first-order valence-corrected chi connectivity index (χ1v) is 11.3. The van der Waals surface area contributed by atoms with Gasteiger partial charge in [-0.05, 0) is 56.7 Å². The zero-order chi connectivity index (χ0) is 22.8. The smallest absolute Gasteiger partial charge is 0.410 e. The van der Waals surface area contributed by atoms with Crippen molar-refractivity contribution in [3.8, 4) is 11.1 Å². The summed E-state index contributed by atoms with van der Waals surface area (Å²) in [4.78, 5) is 27.2. The Balaban J connectivity index is 1.67. The van der Waals surface area contributed by atoms with Crippen LogP contribution in [-0.2, 0) is 15.9 Å². The number of rotatable bonds is 3. The molecule has 32 heavy (non-hydrogen) atoms. The van der Waals surface area contributed by atoms with E-state index in [4.69, 9.17) is 9.47 Å². The zero-order valence-corrected chi connectivity index (χ0v) is 19.1. The van der Waals surface area contributed by atoms with Crippen LogP contribution in [0.3, 0.4) is 0 Å². The summed E-state index contributed by atoms with van der Waals surface area (Å²) in [5.41, 5.74) is 2.29. The molecular weight excluding hydrogens is 404 g/mol. The maximum Gasteiger partial charge on any atom is 0.410 e. The van der Waals surface area contributed by atoms with Gasteiger partial charge < -0.3 is 19.7 Å². The number of piperidine rings is 1. The van der Waals surface area contributed by atoms with Gasteiger partial charge in [0.1, 0.15) is 5.60 Å². The van der Waals surface area contributed by atoms with Crippen molar-refractivity contribution in [2.45, 2.75) is 63.6 Å². The summed E-state index contributed by atoms with van der Waals surface area (Å²) in [6, 6.07) is 18.4. The molecule has 0 bridgehead atoms. The lowest BCUT2D eigenvalue weighted by Gasteiger charge is -2.51. The van der Waals surface area contributed by atoms with Crippen molar-refractivity contribution < 1.29 is 19.1 Å². The molecule has 2 atom stereocenters. The largest absolute Gasteiger partial charge is 0.449 e.